The Morgan fingerprint density at radius 1 is 0.467 bits per heavy atom. The minimum absolute atomic E-state index is 0.859. The fraction of sp³-hybridized carbons (Fsp3) is 0.867. The van der Waals surface area contributed by atoms with Crippen LogP contribution in [0.25, 0.3) is 0 Å². The molecule has 0 aliphatic heterocycles. The first-order valence-corrected chi connectivity index (χ1v) is 13.9. The van der Waals surface area contributed by atoms with Crippen molar-refractivity contribution in [2.24, 2.45) is 11.8 Å². The van der Waals surface area contributed by atoms with Crippen molar-refractivity contribution >= 4 is 0 Å². The fourth-order valence-electron chi connectivity index (χ4n) is 4.43. The van der Waals surface area contributed by atoms with Gasteiger partial charge in [-0.15, -0.1) is 0 Å². The quantitative estimate of drug-likeness (QED) is 0.108. The molecule has 2 radical (unpaired) electrons. The predicted molar refractivity (Wildman–Crippen MR) is 140 cm³/mol. The molecule has 0 N–H and O–H groups in total. The lowest BCUT2D eigenvalue weighted by molar-refractivity contribution is 0.433. The molecule has 0 aromatic heterocycles. The standard InChI is InChI=1S/C30H58/c1-5-7-9-21-25-29(3)27-23-19-17-15-13-11-12-14-16-18-20-24-28-30(4)26-22-10-8-6-2/h9,21,29-30H,1-2,5-8,10-20,22-28H2,3-4H3/b21-9+. The monoisotopic (exact) mass is 418 g/mol. The molecule has 0 aromatic carbocycles. The third-order valence-electron chi connectivity index (χ3n) is 6.67. The maximum absolute atomic E-state index is 3.93. The van der Waals surface area contributed by atoms with Crippen LogP contribution >= 0.6 is 0 Å². The minimum atomic E-state index is 0.859. The van der Waals surface area contributed by atoms with E-state index in [0.29, 0.717) is 0 Å². The molecule has 2 unspecified atom stereocenters. The molecule has 0 saturated carbocycles. The van der Waals surface area contributed by atoms with Crippen molar-refractivity contribution in [3.63, 3.8) is 0 Å². The lowest BCUT2D eigenvalue weighted by Crippen LogP contribution is -1.95. The highest BCUT2D eigenvalue weighted by molar-refractivity contribution is 4.83. The molecule has 30 heavy (non-hydrogen) atoms. The largest absolute Gasteiger partial charge is 0.0885 e. The van der Waals surface area contributed by atoms with Gasteiger partial charge in [0.2, 0.25) is 0 Å². The zero-order valence-corrected chi connectivity index (χ0v) is 21.3. The highest BCUT2D eigenvalue weighted by atomic mass is 14.1. The minimum Gasteiger partial charge on any atom is -0.0885 e. The van der Waals surface area contributed by atoms with Crippen LogP contribution in [-0.4, -0.2) is 0 Å². The molecule has 0 spiro atoms. The Morgan fingerprint density at radius 3 is 1.30 bits per heavy atom. The van der Waals surface area contributed by atoms with Gasteiger partial charge < -0.3 is 0 Å². The van der Waals surface area contributed by atoms with Crippen molar-refractivity contribution < 1.29 is 0 Å². The van der Waals surface area contributed by atoms with Gasteiger partial charge in [-0.2, -0.15) is 0 Å². The average molecular weight is 419 g/mol. The van der Waals surface area contributed by atoms with Crippen LogP contribution in [0.15, 0.2) is 12.2 Å². The van der Waals surface area contributed by atoms with Crippen molar-refractivity contribution in [2.45, 2.75) is 155 Å². The smallest absolute Gasteiger partial charge is 0.0325 e. The zero-order chi connectivity index (χ0) is 22.1. The third-order valence-corrected chi connectivity index (χ3v) is 6.67. The molecule has 0 aliphatic carbocycles. The highest BCUT2D eigenvalue weighted by Gasteiger charge is 2.02. The van der Waals surface area contributed by atoms with E-state index in [4.69, 9.17) is 0 Å². The zero-order valence-electron chi connectivity index (χ0n) is 21.3. The van der Waals surface area contributed by atoms with Gasteiger partial charge in [0.25, 0.3) is 0 Å². The normalized spacial score (nSPS) is 13.9. The molecule has 0 amide bonds. The van der Waals surface area contributed by atoms with E-state index in [1.54, 1.807) is 0 Å². The van der Waals surface area contributed by atoms with Crippen molar-refractivity contribution in [3.8, 4) is 0 Å². The number of rotatable bonds is 24. The van der Waals surface area contributed by atoms with E-state index >= 15 is 0 Å². The summed E-state index contributed by atoms with van der Waals surface area (Å²) in [5.41, 5.74) is 0. The van der Waals surface area contributed by atoms with Crippen LogP contribution in [0.4, 0.5) is 0 Å². The van der Waals surface area contributed by atoms with Gasteiger partial charge in [0.05, 0.1) is 0 Å². The van der Waals surface area contributed by atoms with E-state index in [9.17, 15) is 0 Å². The summed E-state index contributed by atoms with van der Waals surface area (Å²) >= 11 is 0. The summed E-state index contributed by atoms with van der Waals surface area (Å²) in [6, 6.07) is 0. The van der Waals surface area contributed by atoms with Crippen molar-refractivity contribution in [1.29, 1.82) is 0 Å². The van der Waals surface area contributed by atoms with Gasteiger partial charge in [-0.3, -0.25) is 0 Å². The molecule has 2 atom stereocenters. The molecule has 0 heteroatoms. The Balaban J connectivity index is 3.19. The second kappa shape index (κ2) is 25.0. The van der Waals surface area contributed by atoms with Crippen LogP contribution in [0, 0.1) is 25.7 Å². The summed E-state index contributed by atoms with van der Waals surface area (Å²) < 4.78 is 0. The van der Waals surface area contributed by atoms with Gasteiger partial charge in [0.15, 0.2) is 0 Å². The maximum Gasteiger partial charge on any atom is -0.0325 e. The first-order chi connectivity index (χ1) is 14.7. The van der Waals surface area contributed by atoms with Crippen LogP contribution in [-0.2, 0) is 0 Å². The summed E-state index contributed by atoms with van der Waals surface area (Å²) in [5, 5.41) is 0. The predicted octanol–water partition coefficient (Wildman–Crippen LogP) is 11.1. The summed E-state index contributed by atoms with van der Waals surface area (Å²) in [5.74, 6) is 1.80. The van der Waals surface area contributed by atoms with Gasteiger partial charge in [0.1, 0.15) is 0 Å². The number of hydrogen-bond acceptors (Lipinski definition) is 0. The Morgan fingerprint density at radius 2 is 0.867 bits per heavy atom. The Hall–Kier alpha value is -0.260. The second-order valence-electron chi connectivity index (χ2n) is 10.1. The summed E-state index contributed by atoms with van der Waals surface area (Å²) in [6.45, 7) is 12.7. The molecule has 178 valence electrons. The summed E-state index contributed by atoms with van der Waals surface area (Å²) in [7, 11) is 0. The molecule has 0 nitrogen and oxygen atoms in total. The van der Waals surface area contributed by atoms with E-state index in [1.165, 1.54) is 122 Å². The average Bonchev–Trinajstić information content (AvgIpc) is 2.74. The third kappa shape index (κ3) is 24.0. The van der Waals surface area contributed by atoms with Crippen LogP contribution in [0.2, 0.25) is 0 Å². The SMILES string of the molecule is [CH2]CC/C=C/CC(C)CCCCCCCCCCCCCCC(C)CCCCC[CH2]. The Labute approximate surface area is 193 Å². The molecule has 0 heterocycles. The van der Waals surface area contributed by atoms with Crippen LogP contribution in [0.3, 0.4) is 0 Å². The van der Waals surface area contributed by atoms with Crippen LogP contribution in [0.1, 0.15) is 155 Å². The maximum atomic E-state index is 3.93. The lowest BCUT2D eigenvalue weighted by Gasteiger charge is -2.10. The first kappa shape index (κ1) is 29.7. The first-order valence-electron chi connectivity index (χ1n) is 13.9. The Kier molecular flexibility index (Phi) is 24.8. The molecule has 0 fully saturated rings. The highest BCUT2D eigenvalue weighted by Crippen LogP contribution is 2.19. The van der Waals surface area contributed by atoms with Crippen LogP contribution < -0.4 is 0 Å². The number of allylic oxidation sites excluding steroid dienone is 2. The number of unbranched alkanes of at least 4 members (excludes halogenated alkanes) is 15. The van der Waals surface area contributed by atoms with E-state index < -0.39 is 0 Å². The molecule has 0 bridgehead atoms. The van der Waals surface area contributed by atoms with Gasteiger partial charge in [0, 0.05) is 0 Å². The van der Waals surface area contributed by atoms with Gasteiger partial charge in [-0.25, -0.2) is 0 Å². The van der Waals surface area contributed by atoms with Crippen molar-refractivity contribution in [2.75, 3.05) is 0 Å². The lowest BCUT2D eigenvalue weighted by atomic mass is 9.96. The molecule has 0 saturated heterocycles. The van der Waals surface area contributed by atoms with E-state index in [2.05, 4.69) is 39.8 Å². The van der Waals surface area contributed by atoms with E-state index in [-0.39, 0.29) is 0 Å². The van der Waals surface area contributed by atoms with E-state index in [1.807, 2.05) is 0 Å². The van der Waals surface area contributed by atoms with Gasteiger partial charge in [-0.1, -0.05) is 162 Å². The fourth-order valence-corrected chi connectivity index (χ4v) is 4.43. The Bertz CT molecular complexity index is 329. The summed E-state index contributed by atoms with van der Waals surface area (Å²) in [6.07, 6.45) is 35.2. The molecule has 0 aromatic rings. The topological polar surface area (TPSA) is 0 Å². The molecule has 0 rings (SSSR count). The van der Waals surface area contributed by atoms with Gasteiger partial charge >= 0.3 is 0 Å². The van der Waals surface area contributed by atoms with Crippen LogP contribution in [0.5, 0.6) is 0 Å². The van der Waals surface area contributed by atoms with Crippen molar-refractivity contribution in [3.05, 3.63) is 26.0 Å². The summed E-state index contributed by atoms with van der Waals surface area (Å²) in [4.78, 5) is 0. The van der Waals surface area contributed by atoms with Crippen molar-refractivity contribution in [1.82, 2.24) is 0 Å². The second-order valence-corrected chi connectivity index (χ2v) is 10.1. The van der Waals surface area contributed by atoms with Gasteiger partial charge in [-0.05, 0) is 31.1 Å². The van der Waals surface area contributed by atoms with E-state index in [0.717, 1.165) is 31.1 Å². The molecule has 0 aliphatic rings. The molecular formula is C30H58. The molecular weight excluding hydrogens is 360 g/mol. The number of hydrogen-bond donors (Lipinski definition) is 0.